The van der Waals surface area contributed by atoms with Crippen molar-refractivity contribution in [1.29, 1.82) is 0 Å². The number of rotatable bonds is 7. The van der Waals surface area contributed by atoms with E-state index in [9.17, 15) is 4.79 Å². The summed E-state index contributed by atoms with van der Waals surface area (Å²) < 4.78 is 16.2. The van der Waals surface area contributed by atoms with Crippen LogP contribution in [0.4, 0.5) is 0 Å². The molecular weight excluding hydrogens is 256 g/mol. The summed E-state index contributed by atoms with van der Waals surface area (Å²) in [6.07, 6.45) is 15.7. The molecule has 0 saturated carbocycles. The summed E-state index contributed by atoms with van der Waals surface area (Å²) in [5.74, 6) is 1.41. The van der Waals surface area contributed by atoms with E-state index in [1.165, 1.54) is 0 Å². The van der Waals surface area contributed by atoms with E-state index in [1.807, 2.05) is 36.5 Å². The maximum atomic E-state index is 11.0. The molecule has 0 N–H and O–H groups in total. The molecule has 0 unspecified atom stereocenters. The van der Waals surface area contributed by atoms with Crippen LogP contribution in [0, 0.1) is 0 Å². The highest BCUT2D eigenvalue weighted by molar-refractivity contribution is 5.81. The number of hydrogen-bond acceptors (Lipinski definition) is 4. The van der Waals surface area contributed by atoms with Crippen molar-refractivity contribution in [3.63, 3.8) is 0 Å². The van der Waals surface area contributed by atoms with Crippen LogP contribution >= 0.6 is 0 Å². The molecule has 0 aliphatic heterocycles. The van der Waals surface area contributed by atoms with Crippen molar-refractivity contribution < 1.29 is 19.0 Å². The van der Waals surface area contributed by atoms with Crippen molar-refractivity contribution in [2.45, 2.75) is 12.8 Å². The largest absolute Gasteiger partial charge is 0.458 e. The summed E-state index contributed by atoms with van der Waals surface area (Å²) in [6, 6.07) is 0. The molecular formula is C16H16O4. The summed E-state index contributed by atoms with van der Waals surface area (Å²) in [4.78, 5) is 11.0. The Bertz CT molecular complexity index is 499. The molecule has 0 aromatic carbocycles. The monoisotopic (exact) mass is 272 g/mol. The van der Waals surface area contributed by atoms with Crippen molar-refractivity contribution >= 4 is 5.97 Å². The van der Waals surface area contributed by atoms with Crippen LogP contribution in [0.3, 0.4) is 0 Å². The zero-order chi connectivity index (χ0) is 14.2. The fraction of sp³-hybridized carbons (Fsp3) is 0.188. The second kappa shape index (κ2) is 7.19. The summed E-state index contributed by atoms with van der Waals surface area (Å²) in [7, 11) is 0. The van der Waals surface area contributed by atoms with Gasteiger partial charge in [0, 0.05) is 25.0 Å². The normalized spacial score (nSPS) is 15.4. The first-order valence-corrected chi connectivity index (χ1v) is 6.34. The van der Waals surface area contributed by atoms with Gasteiger partial charge in [-0.15, -0.1) is 0 Å². The third-order valence-corrected chi connectivity index (χ3v) is 2.58. The van der Waals surface area contributed by atoms with Gasteiger partial charge in [-0.3, -0.25) is 0 Å². The van der Waals surface area contributed by atoms with Crippen LogP contribution in [0.1, 0.15) is 12.8 Å². The summed E-state index contributed by atoms with van der Waals surface area (Å²) in [5.41, 5.74) is 0. The maximum absolute atomic E-state index is 11.0. The van der Waals surface area contributed by atoms with Gasteiger partial charge in [0.15, 0.2) is 0 Å². The van der Waals surface area contributed by atoms with Crippen LogP contribution in [0.2, 0.25) is 0 Å². The Hall–Kier alpha value is -2.49. The number of carbonyl (C=O) groups excluding carboxylic acids is 1. The Labute approximate surface area is 118 Å². The lowest BCUT2D eigenvalue weighted by atomic mass is 10.4. The van der Waals surface area contributed by atoms with Gasteiger partial charge in [0.1, 0.15) is 18.1 Å². The Morgan fingerprint density at radius 3 is 2.20 bits per heavy atom. The van der Waals surface area contributed by atoms with E-state index >= 15 is 0 Å². The van der Waals surface area contributed by atoms with Crippen LogP contribution in [-0.4, -0.2) is 12.6 Å². The van der Waals surface area contributed by atoms with Gasteiger partial charge in [0.2, 0.25) is 0 Å². The van der Waals surface area contributed by atoms with Crippen molar-refractivity contribution in [2.24, 2.45) is 0 Å². The molecule has 2 aliphatic rings. The molecule has 0 atom stereocenters. The lowest BCUT2D eigenvalue weighted by Gasteiger charge is -2.12. The molecule has 0 fully saturated rings. The van der Waals surface area contributed by atoms with Gasteiger partial charge in [0.05, 0.1) is 0 Å². The third kappa shape index (κ3) is 4.31. The molecule has 0 spiro atoms. The van der Waals surface area contributed by atoms with Crippen molar-refractivity contribution in [3.8, 4) is 0 Å². The van der Waals surface area contributed by atoms with Crippen molar-refractivity contribution in [3.05, 3.63) is 72.7 Å². The fourth-order valence-corrected chi connectivity index (χ4v) is 1.62. The van der Waals surface area contributed by atoms with E-state index in [2.05, 4.69) is 6.58 Å². The number of carbonyl (C=O) groups is 1. The molecule has 0 heterocycles. The lowest BCUT2D eigenvalue weighted by Crippen LogP contribution is -2.03. The van der Waals surface area contributed by atoms with Gasteiger partial charge in [0.25, 0.3) is 5.95 Å². The van der Waals surface area contributed by atoms with E-state index in [0.29, 0.717) is 5.95 Å². The first-order chi connectivity index (χ1) is 9.78. The number of hydrogen-bond donors (Lipinski definition) is 0. The van der Waals surface area contributed by atoms with E-state index in [0.717, 1.165) is 30.4 Å². The molecule has 0 aromatic rings. The number of esters is 1. The molecule has 0 amide bonds. The smallest absolute Gasteiger partial charge is 0.330 e. The zero-order valence-electron chi connectivity index (χ0n) is 11.1. The second-order valence-corrected chi connectivity index (χ2v) is 4.09. The molecule has 20 heavy (non-hydrogen) atoms. The van der Waals surface area contributed by atoms with Gasteiger partial charge >= 0.3 is 5.97 Å². The SMILES string of the molecule is C=CC(=O)OCC=C(OC1=CC=CC1)OC1=CC=CC1. The van der Waals surface area contributed by atoms with Crippen LogP contribution in [0.15, 0.2) is 72.7 Å². The van der Waals surface area contributed by atoms with Crippen LogP contribution < -0.4 is 0 Å². The zero-order valence-corrected chi connectivity index (χ0v) is 11.1. The van der Waals surface area contributed by atoms with E-state index < -0.39 is 5.97 Å². The quantitative estimate of drug-likeness (QED) is 0.405. The molecule has 0 bridgehead atoms. The molecule has 2 aliphatic carbocycles. The minimum Gasteiger partial charge on any atom is -0.458 e. The Kier molecular flexibility index (Phi) is 5.00. The molecule has 4 heteroatoms. The number of ether oxygens (including phenoxy) is 3. The molecule has 4 nitrogen and oxygen atoms in total. The van der Waals surface area contributed by atoms with Gasteiger partial charge < -0.3 is 14.2 Å². The minimum atomic E-state index is -0.482. The van der Waals surface area contributed by atoms with Crippen LogP contribution in [0.25, 0.3) is 0 Å². The van der Waals surface area contributed by atoms with E-state index in [1.54, 1.807) is 6.08 Å². The highest BCUT2D eigenvalue weighted by Gasteiger charge is 2.10. The number of allylic oxidation sites excluding steroid dienone is 6. The minimum absolute atomic E-state index is 0.0710. The molecule has 0 radical (unpaired) electrons. The third-order valence-electron chi connectivity index (χ3n) is 2.58. The van der Waals surface area contributed by atoms with Gasteiger partial charge in [-0.05, 0) is 12.2 Å². The fourth-order valence-electron chi connectivity index (χ4n) is 1.62. The first kappa shape index (κ1) is 13.9. The summed E-state index contributed by atoms with van der Waals surface area (Å²) in [6.45, 7) is 3.40. The van der Waals surface area contributed by atoms with Crippen molar-refractivity contribution in [1.82, 2.24) is 0 Å². The standard InChI is InChI=1S/C16H16O4/c1-2-15(17)18-12-11-16(19-13-7-3-4-8-13)20-14-9-5-6-10-14/h2-7,9,11H,1,8,10,12H2. The summed E-state index contributed by atoms with van der Waals surface area (Å²) in [5, 5.41) is 0. The predicted octanol–water partition coefficient (Wildman–Crippen LogP) is 3.28. The lowest BCUT2D eigenvalue weighted by molar-refractivity contribution is -0.136. The molecule has 0 saturated heterocycles. The molecule has 0 aromatic heterocycles. The molecule has 104 valence electrons. The Morgan fingerprint density at radius 2 is 1.75 bits per heavy atom. The van der Waals surface area contributed by atoms with E-state index in [-0.39, 0.29) is 6.61 Å². The first-order valence-electron chi connectivity index (χ1n) is 6.34. The van der Waals surface area contributed by atoms with Crippen LogP contribution in [0.5, 0.6) is 0 Å². The Balaban J connectivity index is 1.92. The average molecular weight is 272 g/mol. The Morgan fingerprint density at radius 1 is 1.15 bits per heavy atom. The van der Waals surface area contributed by atoms with Crippen molar-refractivity contribution in [2.75, 3.05) is 6.61 Å². The average Bonchev–Trinajstić information content (AvgIpc) is 3.12. The van der Waals surface area contributed by atoms with Gasteiger partial charge in [-0.2, -0.15) is 0 Å². The van der Waals surface area contributed by atoms with E-state index in [4.69, 9.17) is 14.2 Å². The predicted molar refractivity (Wildman–Crippen MR) is 75.1 cm³/mol. The maximum Gasteiger partial charge on any atom is 0.330 e. The van der Waals surface area contributed by atoms with Gasteiger partial charge in [-0.1, -0.05) is 30.9 Å². The highest BCUT2D eigenvalue weighted by Crippen LogP contribution is 2.21. The summed E-state index contributed by atoms with van der Waals surface area (Å²) >= 11 is 0. The topological polar surface area (TPSA) is 44.8 Å². The van der Waals surface area contributed by atoms with Gasteiger partial charge in [-0.25, -0.2) is 4.79 Å². The molecule has 2 rings (SSSR count). The highest BCUT2D eigenvalue weighted by atomic mass is 16.7. The van der Waals surface area contributed by atoms with Crippen LogP contribution in [-0.2, 0) is 19.0 Å². The second-order valence-electron chi connectivity index (χ2n) is 4.09.